The second-order valence-corrected chi connectivity index (χ2v) is 13.5. The average molecular weight is 599 g/mol. The fourth-order valence-electron chi connectivity index (χ4n) is 3.95. The number of anilines is 3. The van der Waals surface area contributed by atoms with E-state index in [1.807, 2.05) is 9.62 Å². The highest BCUT2D eigenvalue weighted by molar-refractivity contribution is 8.24. The second-order valence-electron chi connectivity index (χ2n) is 8.50. The molecule has 2 aromatic carbocycles. The summed E-state index contributed by atoms with van der Waals surface area (Å²) < 4.78 is 91.6. The lowest BCUT2D eigenvalue weighted by molar-refractivity contribution is 0.479. The van der Waals surface area contributed by atoms with Crippen LogP contribution in [0.5, 0.6) is 0 Å². The number of nitrogens with one attached hydrogen (secondary N) is 1. The van der Waals surface area contributed by atoms with E-state index in [1.165, 1.54) is 18.3 Å². The summed E-state index contributed by atoms with van der Waals surface area (Å²) in [6, 6.07) is 7.96. The van der Waals surface area contributed by atoms with Crippen LogP contribution < -0.4 is 15.4 Å². The van der Waals surface area contributed by atoms with Crippen molar-refractivity contribution in [3.63, 3.8) is 0 Å². The Labute approximate surface area is 226 Å². The van der Waals surface area contributed by atoms with Crippen LogP contribution in [0.1, 0.15) is 0 Å². The number of benzene rings is 2. The quantitative estimate of drug-likeness (QED) is 0.249. The predicted molar refractivity (Wildman–Crippen MR) is 145 cm³/mol. The second kappa shape index (κ2) is 10.3. The summed E-state index contributed by atoms with van der Waals surface area (Å²) in [5.74, 6) is -3.43. The first-order chi connectivity index (χ1) is 18.4. The summed E-state index contributed by atoms with van der Waals surface area (Å²) in [6.45, 7) is 0.605. The Morgan fingerprint density at radius 3 is 2.33 bits per heavy atom. The van der Waals surface area contributed by atoms with E-state index in [0.717, 1.165) is 35.6 Å². The zero-order chi connectivity index (χ0) is 27.9. The molecular weight excluding hydrogens is 577 g/mol. The number of aromatic nitrogens is 3. The molecular formula is C23H21F3N6O4S3. The first-order valence-electron chi connectivity index (χ1n) is 11.3. The third kappa shape index (κ3) is 5.51. The van der Waals surface area contributed by atoms with E-state index in [1.54, 1.807) is 6.07 Å². The monoisotopic (exact) mass is 598 g/mol. The van der Waals surface area contributed by atoms with E-state index >= 15 is 4.39 Å². The van der Waals surface area contributed by atoms with Gasteiger partial charge in [0.15, 0.2) is 15.8 Å². The first-order valence-corrected chi connectivity index (χ1v) is 15.5. The third-order valence-corrected chi connectivity index (χ3v) is 10.1. The minimum Gasteiger partial charge on any atom is -0.368 e. The number of nitrogens with two attached hydrogens (primary N) is 1. The van der Waals surface area contributed by atoms with E-state index in [0.29, 0.717) is 28.8 Å². The summed E-state index contributed by atoms with van der Waals surface area (Å²) >= 11 is 1.16. The SMILES string of the molecule is Nc1nccc(-c2sc(N3CCS(O)(O)CC3)nc2-c2cccc(NS(=O)(=O)c3c(F)cccc3F)c2F)n1. The number of thiazole rings is 1. The van der Waals surface area contributed by atoms with Gasteiger partial charge < -0.3 is 10.6 Å². The van der Waals surface area contributed by atoms with Crippen molar-refractivity contribution >= 4 is 48.7 Å². The minimum absolute atomic E-state index is 0.0331. The molecule has 0 amide bonds. The van der Waals surface area contributed by atoms with Crippen LogP contribution >= 0.6 is 21.9 Å². The number of sulfonamides is 1. The molecule has 1 aliphatic rings. The van der Waals surface area contributed by atoms with Crippen LogP contribution in [-0.2, 0) is 10.0 Å². The normalized spacial score (nSPS) is 16.2. The van der Waals surface area contributed by atoms with Crippen LogP contribution in [0.3, 0.4) is 0 Å². The Morgan fingerprint density at radius 1 is 1.00 bits per heavy atom. The molecule has 0 bridgehead atoms. The Balaban J connectivity index is 1.58. The predicted octanol–water partition coefficient (Wildman–Crippen LogP) is 4.64. The van der Waals surface area contributed by atoms with Gasteiger partial charge in [0, 0.05) is 24.8 Å². The lowest BCUT2D eigenvalue weighted by Gasteiger charge is -2.40. The molecule has 0 spiro atoms. The van der Waals surface area contributed by atoms with Crippen molar-refractivity contribution in [2.45, 2.75) is 4.90 Å². The molecule has 0 radical (unpaired) electrons. The van der Waals surface area contributed by atoms with Crippen molar-refractivity contribution in [2.75, 3.05) is 40.0 Å². The number of hydrogen-bond donors (Lipinski definition) is 4. The van der Waals surface area contributed by atoms with Crippen LogP contribution in [0.2, 0.25) is 0 Å². The van der Waals surface area contributed by atoms with Crippen molar-refractivity contribution in [3.05, 3.63) is 66.1 Å². The smallest absolute Gasteiger partial charge is 0.267 e. The van der Waals surface area contributed by atoms with Crippen molar-refractivity contribution in [2.24, 2.45) is 0 Å². The molecule has 1 aliphatic heterocycles. The van der Waals surface area contributed by atoms with Gasteiger partial charge in [-0.1, -0.05) is 23.5 Å². The fourth-order valence-corrected chi connectivity index (χ4v) is 7.48. The van der Waals surface area contributed by atoms with E-state index in [4.69, 9.17) is 5.73 Å². The standard InChI is InChI=1S/C23H21F3N6O4S3/c24-14-4-2-5-15(25)21(14)39(35,36)31-16-6-1-3-13(18(16)26)19-20(17-7-8-28-22(27)29-17)37-23(30-19)32-9-11-38(33,34)12-10-32/h1-8,31,33-34H,9-12H2,(H2,27,28,29). The van der Waals surface area contributed by atoms with Gasteiger partial charge in [0.1, 0.15) is 11.6 Å². The Hall–Kier alpha value is -3.44. The zero-order valence-electron chi connectivity index (χ0n) is 19.9. The van der Waals surface area contributed by atoms with Crippen LogP contribution in [0.15, 0.2) is 53.6 Å². The Morgan fingerprint density at radius 2 is 1.67 bits per heavy atom. The fraction of sp³-hybridized carbons (Fsp3) is 0.174. The average Bonchev–Trinajstić information content (AvgIpc) is 3.30. The van der Waals surface area contributed by atoms with Gasteiger partial charge in [0.25, 0.3) is 10.0 Å². The first kappa shape index (κ1) is 27.1. The van der Waals surface area contributed by atoms with Gasteiger partial charge in [-0.3, -0.25) is 13.8 Å². The van der Waals surface area contributed by atoms with Crippen LogP contribution in [0.4, 0.5) is 29.9 Å². The van der Waals surface area contributed by atoms with Gasteiger partial charge in [-0.15, -0.1) is 0 Å². The highest BCUT2D eigenvalue weighted by atomic mass is 32.3. The van der Waals surface area contributed by atoms with Crippen molar-refractivity contribution in [1.82, 2.24) is 15.0 Å². The maximum Gasteiger partial charge on any atom is 0.267 e. The third-order valence-electron chi connectivity index (χ3n) is 5.86. The largest absolute Gasteiger partial charge is 0.368 e. The number of hydrogen-bond acceptors (Lipinski definition) is 10. The van der Waals surface area contributed by atoms with Gasteiger partial charge in [0.2, 0.25) is 5.95 Å². The molecule has 0 saturated carbocycles. The number of halogens is 3. The number of nitrogens with zero attached hydrogens (tertiary/aromatic N) is 4. The van der Waals surface area contributed by atoms with Crippen LogP contribution in [-0.4, -0.2) is 57.1 Å². The molecule has 1 saturated heterocycles. The molecule has 5 N–H and O–H groups in total. The van der Waals surface area contributed by atoms with Gasteiger partial charge in [-0.2, -0.15) is 10.6 Å². The van der Waals surface area contributed by atoms with Crippen LogP contribution in [0, 0.1) is 17.5 Å². The summed E-state index contributed by atoms with van der Waals surface area (Å²) in [6.07, 6.45) is 1.42. The van der Waals surface area contributed by atoms with E-state index in [9.17, 15) is 26.3 Å². The summed E-state index contributed by atoms with van der Waals surface area (Å²) in [4.78, 5) is 13.7. The Kier molecular flexibility index (Phi) is 7.15. The summed E-state index contributed by atoms with van der Waals surface area (Å²) in [5.41, 5.74) is 5.54. The van der Waals surface area contributed by atoms with Crippen molar-refractivity contribution < 1.29 is 30.7 Å². The summed E-state index contributed by atoms with van der Waals surface area (Å²) in [7, 11) is -7.51. The molecule has 206 valence electrons. The number of rotatable bonds is 6. The molecule has 0 aliphatic carbocycles. The molecule has 39 heavy (non-hydrogen) atoms. The maximum absolute atomic E-state index is 15.8. The highest BCUT2D eigenvalue weighted by Gasteiger charge is 2.29. The molecule has 2 aromatic heterocycles. The summed E-state index contributed by atoms with van der Waals surface area (Å²) in [5, 5.41) is 0.450. The maximum atomic E-state index is 15.8. The van der Waals surface area contributed by atoms with E-state index in [2.05, 4.69) is 15.0 Å². The van der Waals surface area contributed by atoms with Crippen molar-refractivity contribution in [3.8, 4) is 21.8 Å². The molecule has 0 atom stereocenters. The van der Waals surface area contributed by atoms with Crippen molar-refractivity contribution in [1.29, 1.82) is 0 Å². The highest BCUT2D eigenvalue weighted by Crippen LogP contribution is 2.45. The lowest BCUT2D eigenvalue weighted by atomic mass is 10.1. The molecule has 3 heterocycles. The van der Waals surface area contributed by atoms with E-state index < -0.39 is 48.6 Å². The molecule has 4 aromatic rings. The Bertz CT molecular complexity index is 1640. The number of nitrogen functional groups attached to an aromatic ring is 1. The topological polar surface area (TPSA) is 155 Å². The molecule has 5 rings (SSSR count). The van der Waals surface area contributed by atoms with Gasteiger partial charge in [-0.05, 0) is 30.3 Å². The molecule has 1 fully saturated rings. The molecule has 16 heteroatoms. The minimum atomic E-state index is -4.84. The van der Waals surface area contributed by atoms with Gasteiger partial charge in [-0.25, -0.2) is 36.5 Å². The van der Waals surface area contributed by atoms with Gasteiger partial charge >= 0.3 is 0 Å². The van der Waals surface area contributed by atoms with E-state index in [-0.39, 0.29) is 28.7 Å². The zero-order valence-corrected chi connectivity index (χ0v) is 22.3. The van der Waals surface area contributed by atoms with Crippen LogP contribution in [0.25, 0.3) is 21.8 Å². The molecule has 0 unspecified atom stereocenters. The molecule has 10 nitrogen and oxygen atoms in total. The lowest BCUT2D eigenvalue weighted by Crippen LogP contribution is -2.38. The van der Waals surface area contributed by atoms with Gasteiger partial charge in [0.05, 0.1) is 33.5 Å².